The summed E-state index contributed by atoms with van der Waals surface area (Å²) < 4.78 is 31.2. The Bertz CT molecular complexity index is 1020. The number of methoxy groups -OCH3 is 1. The molecule has 1 unspecified atom stereocenters. The zero-order chi connectivity index (χ0) is 30.2. The molecule has 2 atom stereocenters. The standard InChI is InChI=1S/C28H43NO10/c1-17(2)18(3)22(30)35-14-13-28(29,23(31)34-10)16-19-11-12-20(36-24(32)38-26(4,5)6)21(15-19)37-25(33)39-27(7,8)9/h11-12,15,17-18H,13-14,16,29H2,1-10H3/t18-,28?/m0/s1. The predicted octanol–water partition coefficient (Wildman–Crippen LogP) is 4.95. The van der Waals surface area contributed by atoms with Crippen LogP contribution in [0.2, 0.25) is 0 Å². The Morgan fingerprint density at radius 2 is 1.36 bits per heavy atom. The van der Waals surface area contributed by atoms with Gasteiger partial charge in [0.15, 0.2) is 11.5 Å². The van der Waals surface area contributed by atoms with Crippen molar-refractivity contribution in [1.82, 2.24) is 0 Å². The molecule has 0 aliphatic carbocycles. The molecule has 0 radical (unpaired) electrons. The molecule has 11 nitrogen and oxygen atoms in total. The summed E-state index contributed by atoms with van der Waals surface area (Å²) in [5, 5.41) is 0. The predicted molar refractivity (Wildman–Crippen MR) is 142 cm³/mol. The van der Waals surface area contributed by atoms with Gasteiger partial charge in [0.25, 0.3) is 0 Å². The van der Waals surface area contributed by atoms with Crippen molar-refractivity contribution in [3.63, 3.8) is 0 Å². The molecule has 0 fully saturated rings. The van der Waals surface area contributed by atoms with Crippen molar-refractivity contribution < 1.29 is 47.6 Å². The minimum absolute atomic E-state index is 0.0331. The van der Waals surface area contributed by atoms with Crippen molar-refractivity contribution >= 4 is 24.2 Å². The third-order valence-corrected chi connectivity index (χ3v) is 5.45. The fraction of sp³-hybridized carbons (Fsp3) is 0.643. The van der Waals surface area contributed by atoms with Crippen LogP contribution in [0.4, 0.5) is 9.59 Å². The first-order valence-corrected chi connectivity index (χ1v) is 12.7. The lowest BCUT2D eigenvalue weighted by atomic mass is 9.88. The van der Waals surface area contributed by atoms with Crippen LogP contribution in [-0.4, -0.2) is 54.7 Å². The molecule has 0 aromatic heterocycles. The minimum Gasteiger partial charge on any atom is -0.468 e. The summed E-state index contributed by atoms with van der Waals surface area (Å²) in [5.41, 5.74) is 3.63. The second kappa shape index (κ2) is 13.6. The fourth-order valence-electron chi connectivity index (χ4n) is 3.12. The molecule has 1 aromatic rings. The molecular formula is C28H43NO10. The quantitative estimate of drug-likeness (QED) is 0.238. The van der Waals surface area contributed by atoms with Crippen LogP contribution in [0.5, 0.6) is 11.5 Å². The van der Waals surface area contributed by atoms with Gasteiger partial charge in [-0.1, -0.05) is 26.8 Å². The number of benzene rings is 1. The number of carbonyl (C=O) groups is 4. The number of carbonyl (C=O) groups excluding carboxylic acids is 4. The van der Waals surface area contributed by atoms with Gasteiger partial charge in [0.2, 0.25) is 0 Å². The zero-order valence-corrected chi connectivity index (χ0v) is 24.7. The van der Waals surface area contributed by atoms with Gasteiger partial charge < -0.3 is 34.2 Å². The number of hydrogen-bond acceptors (Lipinski definition) is 11. The zero-order valence-electron chi connectivity index (χ0n) is 24.7. The van der Waals surface area contributed by atoms with Gasteiger partial charge in [0.05, 0.1) is 19.6 Å². The summed E-state index contributed by atoms with van der Waals surface area (Å²) >= 11 is 0. The summed E-state index contributed by atoms with van der Waals surface area (Å²) in [6.07, 6.45) is -2.15. The Morgan fingerprint density at radius 3 is 1.82 bits per heavy atom. The van der Waals surface area contributed by atoms with E-state index in [-0.39, 0.29) is 42.8 Å². The number of esters is 2. The van der Waals surface area contributed by atoms with Crippen LogP contribution < -0.4 is 15.2 Å². The van der Waals surface area contributed by atoms with Crippen LogP contribution >= 0.6 is 0 Å². The van der Waals surface area contributed by atoms with Crippen LogP contribution in [0.15, 0.2) is 18.2 Å². The highest BCUT2D eigenvalue weighted by Gasteiger charge is 2.36. The first-order valence-electron chi connectivity index (χ1n) is 12.7. The maximum atomic E-state index is 12.6. The van der Waals surface area contributed by atoms with Crippen LogP contribution in [0, 0.1) is 11.8 Å². The Morgan fingerprint density at radius 1 is 0.846 bits per heavy atom. The van der Waals surface area contributed by atoms with Gasteiger partial charge >= 0.3 is 24.2 Å². The van der Waals surface area contributed by atoms with Crippen molar-refractivity contribution in [3.8, 4) is 11.5 Å². The number of hydrogen-bond donors (Lipinski definition) is 1. The first kappa shape index (κ1) is 33.7. The molecule has 0 heterocycles. The van der Waals surface area contributed by atoms with Crippen LogP contribution in [0.3, 0.4) is 0 Å². The van der Waals surface area contributed by atoms with E-state index in [0.717, 1.165) is 0 Å². The lowest BCUT2D eigenvalue weighted by Gasteiger charge is -2.27. The summed E-state index contributed by atoms with van der Waals surface area (Å²) in [6, 6.07) is 4.31. The smallest absolute Gasteiger partial charge is 0.468 e. The first-order chi connectivity index (χ1) is 17.8. The number of rotatable bonds is 10. The molecule has 1 rings (SSSR count). The average molecular weight is 554 g/mol. The molecule has 0 spiro atoms. The van der Waals surface area contributed by atoms with Crippen molar-refractivity contribution in [3.05, 3.63) is 23.8 Å². The maximum absolute atomic E-state index is 12.6. The number of ether oxygens (including phenoxy) is 6. The molecule has 0 aliphatic rings. The Hall–Kier alpha value is -3.34. The highest BCUT2D eigenvalue weighted by atomic mass is 16.8. The third kappa shape index (κ3) is 11.9. The van der Waals surface area contributed by atoms with E-state index >= 15 is 0 Å². The lowest BCUT2D eigenvalue weighted by Crippen LogP contribution is -2.51. The van der Waals surface area contributed by atoms with Crippen LogP contribution in [0.25, 0.3) is 0 Å². The topological polar surface area (TPSA) is 150 Å². The Labute approximate surface area is 230 Å². The third-order valence-electron chi connectivity index (χ3n) is 5.45. The number of nitrogens with two attached hydrogens (primary N) is 1. The van der Waals surface area contributed by atoms with Crippen molar-refractivity contribution in [2.24, 2.45) is 17.6 Å². The summed E-state index contributed by atoms with van der Waals surface area (Å²) in [7, 11) is 1.20. The Kier molecular flexibility index (Phi) is 11.8. The van der Waals surface area contributed by atoms with E-state index < -0.39 is 41.0 Å². The largest absolute Gasteiger partial charge is 0.514 e. The second-order valence-electron chi connectivity index (χ2n) is 11.7. The highest BCUT2D eigenvalue weighted by molar-refractivity contribution is 5.81. The molecule has 11 heteroatoms. The lowest BCUT2D eigenvalue weighted by molar-refractivity contribution is -0.153. The molecule has 0 saturated carbocycles. The molecule has 0 aliphatic heterocycles. The van der Waals surface area contributed by atoms with E-state index in [0.29, 0.717) is 5.56 Å². The van der Waals surface area contributed by atoms with E-state index in [9.17, 15) is 19.2 Å². The van der Waals surface area contributed by atoms with Gasteiger partial charge in [-0.25, -0.2) is 9.59 Å². The van der Waals surface area contributed by atoms with E-state index in [1.807, 2.05) is 13.8 Å². The second-order valence-corrected chi connectivity index (χ2v) is 11.7. The van der Waals surface area contributed by atoms with E-state index in [2.05, 4.69) is 0 Å². The monoisotopic (exact) mass is 553 g/mol. The fourth-order valence-corrected chi connectivity index (χ4v) is 3.12. The van der Waals surface area contributed by atoms with Crippen molar-refractivity contribution in [2.45, 2.75) is 91.9 Å². The van der Waals surface area contributed by atoms with Crippen LogP contribution in [0.1, 0.15) is 74.3 Å². The molecule has 0 bridgehead atoms. The minimum atomic E-state index is -1.58. The molecule has 0 amide bonds. The average Bonchev–Trinajstić information content (AvgIpc) is 2.76. The van der Waals surface area contributed by atoms with Gasteiger partial charge in [-0.2, -0.15) is 0 Å². The van der Waals surface area contributed by atoms with Crippen molar-refractivity contribution in [1.29, 1.82) is 0 Å². The van der Waals surface area contributed by atoms with Crippen LogP contribution in [-0.2, 0) is 35.0 Å². The molecule has 220 valence electrons. The summed E-state index contributed by atoms with van der Waals surface area (Å²) in [6.45, 7) is 15.5. The summed E-state index contributed by atoms with van der Waals surface area (Å²) in [5.74, 6) is -1.62. The van der Waals surface area contributed by atoms with Gasteiger partial charge in [0.1, 0.15) is 16.7 Å². The van der Waals surface area contributed by atoms with Gasteiger partial charge in [-0.15, -0.1) is 0 Å². The molecular weight excluding hydrogens is 510 g/mol. The molecule has 0 saturated heterocycles. The summed E-state index contributed by atoms with van der Waals surface area (Å²) in [4.78, 5) is 49.5. The molecule has 39 heavy (non-hydrogen) atoms. The van der Waals surface area contributed by atoms with Gasteiger partial charge in [-0.3, -0.25) is 9.59 Å². The van der Waals surface area contributed by atoms with E-state index in [1.54, 1.807) is 54.5 Å². The van der Waals surface area contributed by atoms with Crippen molar-refractivity contribution in [2.75, 3.05) is 13.7 Å². The molecule has 1 aromatic carbocycles. The van der Waals surface area contributed by atoms with E-state index in [1.165, 1.54) is 19.2 Å². The van der Waals surface area contributed by atoms with Gasteiger partial charge in [-0.05, 0) is 65.2 Å². The SMILES string of the molecule is COC(=O)C(N)(CCOC(=O)[C@@H](C)C(C)C)Cc1ccc(OC(=O)OC(C)(C)C)c(OC(=O)OC(C)(C)C)c1. The maximum Gasteiger partial charge on any atom is 0.514 e. The normalized spacial score (nSPS) is 14.1. The van der Waals surface area contributed by atoms with Gasteiger partial charge in [0, 0.05) is 12.8 Å². The highest BCUT2D eigenvalue weighted by Crippen LogP contribution is 2.32. The molecule has 2 N–H and O–H groups in total. The Balaban J connectivity index is 3.24. The van der Waals surface area contributed by atoms with E-state index in [4.69, 9.17) is 34.2 Å².